The van der Waals surface area contributed by atoms with Gasteiger partial charge >= 0.3 is 0 Å². The molecule has 0 spiro atoms. The number of nitrogens with zero attached hydrogens (tertiary/aromatic N) is 2. The van der Waals surface area contributed by atoms with Crippen LogP contribution in [0.25, 0.3) is 0 Å². The van der Waals surface area contributed by atoms with Crippen LogP contribution in [0.3, 0.4) is 0 Å². The molecule has 2 aliphatic rings. The highest BCUT2D eigenvalue weighted by molar-refractivity contribution is 5.95. The second kappa shape index (κ2) is 8.84. The number of halogens is 2. The van der Waals surface area contributed by atoms with E-state index in [1.807, 2.05) is 13.0 Å². The topological polar surface area (TPSA) is 59.0 Å². The first kappa shape index (κ1) is 21.1. The molecule has 1 aliphatic heterocycles. The number of aryl methyl sites for hydroxylation is 1. The predicted molar refractivity (Wildman–Crippen MR) is 106 cm³/mol. The summed E-state index contributed by atoms with van der Waals surface area (Å²) in [6, 6.07) is 5.01. The lowest BCUT2D eigenvalue weighted by atomic mass is 9.89. The molecular formula is C22H26F2N2O3. The van der Waals surface area contributed by atoms with E-state index in [4.69, 9.17) is 4.74 Å². The Morgan fingerprint density at radius 2 is 2.14 bits per heavy atom. The van der Waals surface area contributed by atoms with Gasteiger partial charge in [-0.2, -0.15) is 0 Å². The van der Waals surface area contributed by atoms with Gasteiger partial charge in [0.15, 0.2) is 0 Å². The lowest BCUT2D eigenvalue weighted by molar-refractivity contribution is -0.132. The second-order valence-corrected chi connectivity index (χ2v) is 7.73. The van der Waals surface area contributed by atoms with Crippen LogP contribution in [0.2, 0.25) is 0 Å². The van der Waals surface area contributed by atoms with Gasteiger partial charge in [-0.05, 0) is 50.6 Å². The number of amides is 1. The van der Waals surface area contributed by atoms with Crippen LogP contribution in [0.15, 0.2) is 35.5 Å². The summed E-state index contributed by atoms with van der Waals surface area (Å²) >= 11 is 0. The number of hydrogen-bond donors (Lipinski definition) is 0. The highest BCUT2D eigenvalue weighted by atomic mass is 19.3. The summed E-state index contributed by atoms with van der Waals surface area (Å²) in [6.45, 7) is 6.80. The number of Topliss-reactive ketones (excluding diaryl/α,β-unsaturated/α-hetero) is 1. The van der Waals surface area contributed by atoms with E-state index in [1.165, 1.54) is 6.20 Å². The van der Waals surface area contributed by atoms with Crippen LogP contribution in [-0.4, -0.2) is 42.9 Å². The minimum Gasteiger partial charge on any atom is -0.487 e. The number of carbonyl (C=O) groups excluding carboxylic acids is 2. The summed E-state index contributed by atoms with van der Waals surface area (Å²) in [5.41, 5.74) is 1.59. The van der Waals surface area contributed by atoms with Crippen molar-refractivity contribution in [3.05, 3.63) is 41.6 Å². The Labute approximate surface area is 169 Å². The Morgan fingerprint density at radius 3 is 2.72 bits per heavy atom. The molecule has 7 heteroatoms. The number of carbonyl (C=O) groups is 2. The predicted octanol–water partition coefficient (Wildman–Crippen LogP) is 3.97. The van der Waals surface area contributed by atoms with Crippen molar-refractivity contribution in [3.63, 3.8) is 0 Å². The highest BCUT2D eigenvalue weighted by Gasteiger charge is 2.48. The molecular weight excluding hydrogens is 378 g/mol. The molecule has 156 valence electrons. The maximum atomic E-state index is 13.1. The first-order valence-corrected chi connectivity index (χ1v) is 9.81. The zero-order valence-electron chi connectivity index (χ0n) is 16.7. The lowest BCUT2D eigenvalue weighted by Gasteiger charge is -2.26. The maximum Gasteiger partial charge on any atom is 0.272 e. The first-order chi connectivity index (χ1) is 13.8. The number of rotatable bonds is 9. The fourth-order valence-electron chi connectivity index (χ4n) is 3.86. The Morgan fingerprint density at radius 1 is 1.41 bits per heavy atom. The normalized spacial score (nSPS) is 23.1. The molecule has 1 aromatic rings. The van der Waals surface area contributed by atoms with Crippen molar-refractivity contribution in [2.24, 2.45) is 22.7 Å². The largest absolute Gasteiger partial charge is 0.487 e. The van der Waals surface area contributed by atoms with E-state index in [2.05, 4.69) is 11.7 Å². The number of hydrogen-bond acceptors (Lipinski definition) is 4. The van der Waals surface area contributed by atoms with Crippen LogP contribution in [0.1, 0.15) is 36.9 Å². The van der Waals surface area contributed by atoms with Gasteiger partial charge in [0.25, 0.3) is 6.43 Å². The van der Waals surface area contributed by atoms with Crippen molar-refractivity contribution in [1.29, 1.82) is 0 Å². The molecule has 0 radical (unpaired) electrons. The molecule has 2 fully saturated rings. The Bertz CT molecular complexity index is 820. The van der Waals surface area contributed by atoms with Crippen LogP contribution in [0, 0.1) is 24.7 Å². The molecule has 5 nitrogen and oxygen atoms in total. The van der Waals surface area contributed by atoms with E-state index >= 15 is 0 Å². The van der Waals surface area contributed by atoms with Crippen molar-refractivity contribution >= 4 is 18.4 Å². The third kappa shape index (κ3) is 4.71. The van der Waals surface area contributed by atoms with E-state index in [0.717, 1.165) is 24.0 Å². The Hall–Kier alpha value is -2.57. The van der Waals surface area contributed by atoms with Gasteiger partial charge in [0.1, 0.15) is 18.1 Å². The van der Waals surface area contributed by atoms with E-state index in [0.29, 0.717) is 12.3 Å². The van der Waals surface area contributed by atoms with E-state index < -0.39 is 19.0 Å². The Balaban J connectivity index is 1.78. The fourth-order valence-corrected chi connectivity index (χ4v) is 3.86. The van der Waals surface area contributed by atoms with Crippen LogP contribution >= 0.6 is 0 Å². The highest BCUT2D eigenvalue weighted by Crippen LogP contribution is 2.40. The zero-order valence-corrected chi connectivity index (χ0v) is 16.7. The minimum absolute atomic E-state index is 0.0733. The van der Waals surface area contributed by atoms with Crippen molar-refractivity contribution in [1.82, 2.24) is 4.90 Å². The molecule has 29 heavy (non-hydrogen) atoms. The van der Waals surface area contributed by atoms with Gasteiger partial charge in [0, 0.05) is 18.7 Å². The molecule has 0 bridgehead atoms. The molecule has 0 aromatic heterocycles. The quantitative estimate of drug-likeness (QED) is 0.585. The number of ether oxygens (including phenoxy) is 1. The molecule has 1 saturated carbocycles. The summed E-state index contributed by atoms with van der Waals surface area (Å²) in [5.74, 6) is -0.375. The van der Waals surface area contributed by atoms with Crippen LogP contribution < -0.4 is 4.74 Å². The van der Waals surface area contributed by atoms with E-state index in [9.17, 15) is 18.4 Å². The molecule has 1 aromatic carbocycles. The van der Waals surface area contributed by atoms with Gasteiger partial charge in [-0.1, -0.05) is 18.2 Å². The average Bonchev–Trinajstić information content (AvgIpc) is 3.48. The number of benzene rings is 1. The standard InChI is InChI=1S/C22H26F2N2O3/c1-13-10-16(6-7-19(13)29-12-20(23)24)14(2)26-11-18(21(27)15-4-5-15)17(22(26)28)8-9-25-3/h6-10,14-15,17-18,20H,3-5,11-12H2,1-2H3/b9-8-. The first-order valence-electron chi connectivity index (χ1n) is 9.81. The number of alkyl halides is 2. The van der Waals surface area contributed by atoms with Crippen LogP contribution in [0.5, 0.6) is 5.75 Å². The van der Waals surface area contributed by atoms with E-state index in [1.54, 1.807) is 30.0 Å². The van der Waals surface area contributed by atoms with Crippen molar-refractivity contribution < 1.29 is 23.1 Å². The third-order valence-corrected chi connectivity index (χ3v) is 5.65. The molecule has 0 N–H and O–H groups in total. The van der Waals surface area contributed by atoms with Gasteiger partial charge in [-0.15, -0.1) is 0 Å². The average molecular weight is 404 g/mol. The molecule has 1 aliphatic carbocycles. The summed E-state index contributed by atoms with van der Waals surface area (Å²) in [5, 5.41) is 0. The molecule has 3 rings (SSSR count). The van der Waals surface area contributed by atoms with Gasteiger partial charge in [-0.3, -0.25) is 14.6 Å². The number of aliphatic imine (C=N–C) groups is 1. The molecule has 3 atom stereocenters. The monoisotopic (exact) mass is 404 g/mol. The summed E-state index contributed by atoms with van der Waals surface area (Å²) in [7, 11) is 0. The molecule has 3 unspecified atom stereocenters. The summed E-state index contributed by atoms with van der Waals surface area (Å²) in [6.07, 6.45) is 2.40. The van der Waals surface area contributed by atoms with Gasteiger partial charge in [-0.25, -0.2) is 8.78 Å². The number of ketones is 1. The van der Waals surface area contributed by atoms with Crippen molar-refractivity contribution in [3.8, 4) is 5.75 Å². The number of likely N-dealkylation sites (tertiary alicyclic amines) is 1. The van der Waals surface area contributed by atoms with Gasteiger partial charge in [0.2, 0.25) is 5.91 Å². The fraction of sp³-hybridized carbons (Fsp3) is 0.500. The van der Waals surface area contributed by atoms with Gasteiger partial charge < -0.3 is 9.64 Å². The van der Waals surface area contributed by atoms with Crippen LogP contribution in [-0.2, 0) is 9.59 Å². The zero-order chi connectivity index (χ0) is 21.1. The minimum atomic E-state index is -2.54. The molecule has 1 heterocycles. The van der Waals surface area contributed by atoms with Crippen molar-refractivity contribution in [2.75, 3.05) is 13.2 Å². The Kier molecular flexibility index (Phi) is 6.45. The third-order valence-electron chi connectivity index (χ3n) is 5.65. The molecule has 1 amide bonds. The van der Waals surface area contributed by atoms with Crippen LogP contribution in [0.4, 0.5) is 8.78 Å². The SMILES string of the molecule is C=N/C=C\C1C(=O)N(C(C)c2ccc(OCC(F)F)c(C)c2)CC1C(=O)C1CC1. The molecule has 1 saturated heterocycles. The lowest BCUT2D eigenvalue weighted by Crippen LogP contribution is -2.30. The summed E-state index contributed by atoms with van der Waals surface area (Å²) in [4.78, 5) is 31.2. The van der Waals surface area contributed by atoms with E-state index in [-0.39, 0.29) is 29.6 Å². The smallest absolute Gasteiger partial charge is 0.272 e. The van der Waals surface area contributed by atoms with Gasteiger partial charge in [0.05, 0.1) is 17.9 Å². The second-order valence-electron chi connectivity index (χ2n) is 7.73. The summed E-state index contributed by atoms with van der Waals surface area (Å²) < 4.78 is 29.9. The van der Waals surface area contributed by atoms with Crippen molar-refractivity contribution in [2.45, 2.75) is 39.2 Å². The maximum absolute atomic E-state index is 13.1.